The number of pyridine rings is 1. The lowest BCUT2D eigenvalue weighted by atomic mass is 9.88. The number of aromatic amines is 1. The van der Waals surface area contributed by atoms with Gasteiger partial charge in [0.25, 0.3) is 0 Å². The molecule has 5 nitrogen and oxygen atoms in total. The van der Waals surface area contributed by atoms with Gasteiger partial charge in [-0.15, -0.1) is 0 Å². The van der Waals surface area contributed by atoms with Gasteiger partial charge in [-0.25, -0.2) is 9.97 Å². The molecule has 0 saturated heterocycles. The van der Waals surface area contributed by atoms with Gasteiger partial charge in [-0.3, -0.25) is 4.79 Å². The third kappa shape index (κ3) is 3.64. The van der Waals surface area contributed by atoms with Crippen LogP contribution in [-0.2, 0) is 11.2 Å². The van der Waals surface area contributed by atoms with Crippen molar-refractivity contribution in [2.45, 2.75) is 42.6 Å². The zero-order valence-electron chi connectivity index (χ0n) is 14.3. The van der Waals surface area contributed by atoms with E-state index in [4.69, 9.17) is 0 Å². The molecule has 0 unspecified atom stereocenters. The highest BCUT2D eigenvalue weighted by Crippen LogP contribution is 2.30. The highest BCUT2D eigenvalue weighted by Gasteiger charge is 2.24. The Balaban J connectivity index is 1.45. The molecule has 0 saturated carbocycles. The summed E-state index contributed by atoms with van der Waals surface area (Å²) >= 11 is 4.82. The lowest BCUT2D eigenvalue weighted by Gasteiger charge is -2.27. The summed E-state index contributed by atoms with van der Waals surface area (Å²) in [4.78, 5) is 24.6. The van der Waals surface area contributed by atoms with Crippen LogP contribution in [0.25, 0.3) is 11.2 Å². The molecule has 4 rings (SSSR count). The number of hydrogen-bond acceptors (Lipinski definition) is 4. The van der Waals surface area contributed by atoms with E-state index in [1.54, 1.807) is 6.20 Å². The van der Waals surface area contributed by atoms with Crippen molar-refractivity contribution in [2.24, 2.45) is 0 Å². The minimum absolute atomic E-state index is 0.0336. The second kappa shape index (κ2) is 7.40. The topological polar surface area (TPSA) is 70.7 Å². The number of amides is 1. The Hall–Kier alpha value is -1.86. The second-order valence-corrected chi connectivity index (χ2v) is 8.72. The fourth-order valence-corrected chi connectivity index (χ4v) is 4.47. The summed E-state index contributed by atoms with van der Waals surface area (Å²) in [5.74, 6) is 0.0336. The van der Waals surface area contributed by atoms with E-state index in [0.29, 0.717) is 10.8 Å². The number of fused-ring (bicyclic) bond motifs is 2. The molecule has 0 aliphatic heterocycles. The van der Waals surface area contributed by atoms with E-state index in [2.05, 4.69) is 54.4 Å². The summed E-state index contributed by atoms with van der Waals surface area (Å²) in [6, 6.07) is 10.4. The number of halogens is 1. The van der Waals surface area contributed by atoms with Gasteiger partial charge in [-0.1, -0.05) is 36.0 Å². The van der Waals surface area contributed by atoms with E-state index in [1.807, 2.05) is 19.1 Å². The Kier molecular flexibility index (Phi) is 5.00. The first-order valence-electron chi connectivity index (χ1n) is 8.66. The van der Waals surface area contributed by atoms with Crippen LogP contribution in [0, 0.1) is 0 Å². The first-order valence-corrected chi connectivity index (χ1v) is 10.3. The van der Waals surface area contributed by atoms with Gasteiger partial charge in [0.05, 0.1) is 16.8 Å². The monoisotopic (exact) mass is 430 g/mol. The molecule has 0 fully saturated rings. The fraction of sp³-hybridized carbons (Fsp3) is 0.316. The predicted octanol–water partition coefficient (Wildman–Crippen LogP) is 4.39. The highest BCUT2D eigenvalue weighted by molar-refractivity contribution is 9.10. The van der Waals surface area contributed by atoms with Gasteiger partial charge in [0.2, 0.25) is 5.91 Å². The Labute approximate surface area is 164 Å². The lowest BCUT2D eigenvalue weighted by Crippen LogP contribution is -2.35. The third-order valence-corrected chi connectivity index (χ3v) is 6.04. The van der Waals surface area contributed by atoms with Gasteiger partial charge in [0, 0.05) is 10.7 Å². The Morgan fingerprint density at radius 2 is 2.27 bits per heavy atom. The SMILES string of the molecule is C[C@H](Sc1nc2ncc(Br)cc2[nH]1)C(=O)N[C@@H]1CCCc2ccccc21. The minimum atomic E-state index is -0.243. The van der Waals surface area contributed by atoms with Crippen molar-refractivity contribution in [3.63, 3.8) is 0 Å². The molecule has 1 aliphatic rings. The van der Waals surface area contributed by atoms with Crippen molar-refractivity contribution in [3.05, 3.63) is 52.1 Å². The largest absolute Gasteiger partial charge is 0.348 e. The molecule has 2 heterocycles. The molecule has 2 N–H and O–H groups in total. The molecule has 26 heavy (non-hydrogen) atoms. The van der Waals surface area contributed by atoms with E-state index >= 15 is 0 Å². The van der Waals surface area contributed by atoms with E-state index in [9.17, 15) is 4.79 Å². The summed E-state index contributed by atoms with van der Waals surface area (Å²) in [5, 5.41) is 3.68. The van der Waals surface area contributed by atoms with Crippen molar-refractivity contribution in [3.8, 4) is 0 Å². The quantitative estimate of drug-likeness (QED) is 0.601. The van der Waals surface area contributed by atoms with Crippen LogP contribution in [0.5, 0.6) is 0 Å². The van der Waals surface area contributed by atoms with E-state index in [-0.39, 0.29) is 17.2 Å². The van der Waals surface area contributed by atoms with Gasteiger partial charge < -0.3 is 10.3 Å². The number of benzene rings is 1. The van der Waals surface area contributed by atoms with Crippen LogP contribution in [0.2, 0.25) is 0 Å². The molecule has 134 valence electrons. The number of nitrogens with one attached hydrogen (secondary N) is 2. The van der Waals surface area contributed by atoms with E-state index in [1.165, 1.54) is 22.9 Å². The summed E-state index contributed by atoms with van der Waals surface area (Å²) < 4.78 is 0.895. The summed E-state index contributed by atoms with van der Waals surface area (Å²) in [5.41, 5.74) is 4.11. The van der Waals surface area contributed by atoms with Crippen molar-refractivity contribution in [1.29, 1.82) is 0 Å². The molecule has 1 aromatic carbocycles. The lowest BCUT2D eigenvalue weighted by molar-refractivity contribution is -0.121. The van der Waals surface area contributed by atoms with Gasteiger partial charge in [-0.2, -0.15) is 0 Å². The zero-order chi connectivity index (χ0) is 18.1. The van der Waals surface area contributed by atoms with Gasteiger partial charge in [-0.05, 0) is 59.3 Å². The van der Waals surface area contributed by atoms with E-state index < -0.39 is 0 Å². The number of aromatic nitrogens is 3. The number of rotatable bonds is 4. The molecule has 0 spiro atoms. The van der Waals surface area contributed by atoms with Crippen LogP contribution in [0.3, 0.4) is 0 Å². The average Bonchev–Trinajstić information content (AvgIpc) is 3.03. The number of imidazole rings is 1. The first kappa shape index (κ1) is 17.5. The standard InChI is InChI=1S/C19H19BrN4OS/c1-11(26-19-23-16-9-13(20)10-21-17(16)24-19)18(25)22-15-8-4-6-12-5-2-3-7-14(12)15/h2-3,5,7,9-11,15H,4,6,8H2,1H3,(H,22,25)(H,21,23,24)/t11-,15+/m0/s1. The number of nitrogens with zero attached hydrogens (tertiary/aromatic N) is 2. The number of carbonyl (C=O) groups is 1. The van der Waals surface area contributed by atoms with Crippen molar-refractivity contribution < 1.29 is 4.79 Å². The van der Waals surface area contributed by atoms with Crippen LogP contribution < -0.4 is 5.32 Å². The number of carbonyl (C=O) groups excluding carboxylic acids is 1. The van der Waals surface area contributed by atoms with Gasteiger partial charge >= 0.3 is 0 Å². The maximum Gasteiger partial charge on any atom is 0.233 e. The van der Waals surface area contributed by atoms with Crippen molar-refractivity contribution in [1.82, 2.24) is 20.3 Å². The highest BCUT2D eigenvalue weighted by atomic mass is 79.9. The number of thioether (sulfide) groups is 1. The Bertz CT molecular complexity index is 958. The van der Waals surface area contributed by atoms with Crippen LogP contribution >= 0.6 is 27.7 Å². The van der Waals surface area contributed by atoms with E-state index in [0.717, 1.165) is 29.3 Å². The maximum atomic E-state index is 12.7. The minimum Gasteiger partial charge on any atom is -0.348 e. The maximum absolute atomic E-state index is 12.7. The molecule has 1 amide bonds. The molecule has 1 aliphatic carbocycles. The fourth-order valence-electron chi connectivity index (χ4n) is 3.32. The molecular formula is C19H19BrN4OS. The molecule has 2 atom stereocenters. The zero-order valence-corrected chi connectivity index (χ0v) is 16.7. The summed E-state index contributed by atoms with van der Waals surface area (Å²) in [6.07, 6.45) is 4.90. The molecule has 2 aromatic heterocycles. The Morgan fingerprint density at radius 3 is 3.15 bits per heavy atom. The molecule has 3 aromatic rings. The molecular weight excluding hydrogens is 412 g/mol. The van der Waals surface area contributed by atoms with Crippen LogP contribution in [0.15, 0.2) is 46.2 Å². The van der Waals surface area contributed by atoms with Crippen LogP contribution in [-0.4, -0.2) is 26.1 Å². The molecule has 7 heteroatoms. The van der Waals surface area contributed by atoms with Crippen molar-refractivity contribution >= 4 is 44.8 Å². The molecule has 0 bridgehead atoms. The number of hydrogen-bond donors (Lipinski definition) is 2. The molecule has 0 radical (unpaired) electrons. The second-order valence-electron chi connectivity index (χ2n) is 6.48. The van der Waals surface area contributed by atoms with Gasteiger partial charge in [0.1, 0.15) is 0 Å². The first-order chi connectivity index (χ1) is 12.6. The number of aryl methyl sites for hydroxylation is 1. The van der Waals surface area contributed by atoms with Gasteiger partial charge in [0.15, 0.2) is 10.8 Å². The van der Waals surface area contributed by atoms with Crippen LogP contribution in [0.1, 0.15) is 36.9 Å². The number of H-pyrrole nitrogens is 1. The summed E-state index contributed by atoms with van der Waals surface area (Å²) in [7, 11) is 0. The normalized spacial score (nSPS) is 17.7. The predicted molar refractivity (Wildman–Crippen MR) is 107 cm³/mol. The smallest absolute Gasteiger partial charge is 0.233 e. The third-order valence-electron chi connectivity index (χ3n) is 4.63. The average molecular weight is 431 g/mol. The van der Waals surface area contributed by atoms with Crippen molar-refractivity contribution in [2.75, 3.05) is 0 Å². The van der Waals surface area contributed by atoms with Crippen LogP contribution in [0.4, 0.5) is 0 Å². The summed E-state index contributed by atoms with van der Waals surface area (Å²) in [6.45, 7) is 1.91. The Morgan fingerprint density at radius 1 is 1.42 bits per heavy atom.